The molecule has 2 saturated carbocycles. The summed E-state index contributed by atoms with van der Waals surface area (Å²) in [6.45, 7) is 0. The molecule has 0 unspecified atom stereocenters. The summed E-state index contributed by atoms with van der Waals surface area (Å²) in [6.07, 6.45) is 15.3. The third kappa shape index (κ3) is 12.2. The summed E-state index contributed by atoms with van der Waals surface area (Å²) in [5, 5.41) is 0. The van der Waals surface area contributed by atoms with Gasteiger partial charge in [-0.05, 0) is 48.6 Å². The highest BCUT2D eigenvalue weighted by Crippen LogP contribution is 2.34. The largest absolute Gasteiger partial charge is 0.534 e. The van der Waals surface area contributed by atoms with E-state index >= 15 is 0 Å². The molecule has 0 bridgehead atoms. The number of aromatic nitrogens is 2. The van der Waals surface area contributed by atoms with E-state index in [2.05, 4.69) is 14.2 Å². The van der Waals surface area contributed by atoms with Crippen molar-refractivity contribution in [3.8, 4) is 5.88 Å². The number of rotatable bonds is 6. The molecule has 0 atom stereocenters. The first-order valence-electron chi connectivity index (χ1n) is 13.9. The van der Waals surface area contributed by atoms with Crippen LogP contribution in [0.15, 0.2) is 41.5 Å². The van der Waals surface area contributed by atoms with Crippen molar-refractivity contribution in [2.75, 3.05) is 0 Å². The Morgan fingerprint density at radius 1 is 0.604 bits per heavy atom. The van der Waals surface area contributed by atoms with Crippen LogP contribution in [0.3, 0.4) is 0 Å². The lowest BCUT2D eigenvalue weighted by Crippen LogP contribution is -2.34. The van der Waals surface area contributed by atoms with Crippen molar-refractivity contribution in [3.05, 3.63) is 58.1 Å². The highest BCUT2D eigenvalue weighted by molar-refractivity contribution is 8.00. The third-order valence-corrected chi connectivity index (χ3v) is 10.5. The van der Waals surface area contributed by atoms with Gasteiger partial charge in [0.1, 0.15) is 0 Å². The fourth-order valence-electron chi connectivity index (χ4n) is 4.59. The molecule has 23 heteroatoms. The van der Waals surface area contributed by atoms with Crippen molar-refractivity contribution in [1.82, 2.24) is 9.97 Å². The number of aromatic amines is 1. The molecule has 2 fully saturated rings. The SMILES string of the molecule is O=S(=O)(OS(=O)(=O)C(F)(F)F)C(F)(F)F.O=S(=O)(Oc1ccc(C2CCCCC2)cn1)C(F)(F)F.O=c1ccc(C2CCCCC2)c[nH]1. The Kier molecular flexibility index (Phi) is 13.9. The Hall–Kier alpha value is -2.92. The zero-order valence-corrected chi connectivity index (χ0v) is 26.9. The van der Waals surface area contributed by atoms with Gasteiger partial charge in [-0.25, -0.2) is 4.98 Å². The number of nitrogens with one attached hydrogen (secondary N) is 1. The quantitative estimate of drug-likeness (QED) is 0.195. The van der Waals surface area contributed by atoms with Gasteiger partial charge >= 0.3 is 46.9 Å². The third-order valence-electron chi connectivity index (χ3n) is 6.95. The monoisotopic (exact) mass is 768 g/mol. The van der Waals surface area contributed by atoms with Gasteiger partial charge in [-0.2, -0.15) is 64.8 Å². The molecule has 0 radical (unpaired) electrons. The van der Waals surface area contributed by atoms with E-state index in [0.717, 1.165) is 37.3 Å². The summed E-state index contributed by atoms with van der Waals surface area (Å²) in [4.78, 5) is 17.2. The summed E-state index contributed by atoms with van der Waals surface area (Å²) in [5.41, 5.74) is -15.8. The van der Waals surface area contributed by atoms with Crippen LogP contribution < -0.4 is 9.74 Å². The molecule has 274 valence electrons. The van der Waals surface area contributed by atoms with E-state index in [1.807, 2.05) is 15.9 Å². The second-order valence-corrected chi connectivity index (χ2v) is 15.3. The van der Waals surface area contributed by atoms with Crippen LogP contribution in [0.1, 0.15) is 87.2 Å². The predicted octanol–water partition coefficient (Wildman–Crippen LogP) is 6.48. The number of pyridine rings is 2. The van der Waals surface area contributed by atoms with Gasteiger partial charge in [0.2, 0.25) is 11.4 Å². The number of hydrogen-bond donors (Lipinski definition) is 1. The molecule has 11 nitrogen and oxygen atoms in total. The molecular formula is C25H29F9N2O9S3. The molecular weight excluding hydrogens is 739 g/mol. The molecule has 2 aliphatic rings. The van der Waals surface area contributed by atoms with Gasteiger partial charge in [-0.15, -0.1) is 3.63 Å². The first kappa shape index (κ1) is 41.3. The summed E-state index contributed by atoms with van der Waals surface area (Å²) in [6, 6.07) is 6.33. The average molecular weight is 769 g/mol. The molecule has 1 N–H and O–H groups in total. The van der Waals surface area contributed by atoms with Crippen LogP contribution in [0.4, 0.5) is 39.5 Å². The first-order valence-corrected chi connectivity index (χ1v) is 18.1. The maximum atomic E-state index is 12.1. The second kappa shape index (κ2) is 16.2. The Bertz CT molecular complexity index is 1650. The van der Waals surface area contributed by atoms with Gasteiger partial charge in [0.25, 0.3) is 0 Å². The molecule has 2 aromatic rings. The average Bonchev–Trinajstić information content (AvgIpc) is 2.97. The van der Waals surface area contributed by atoms with E-state index < -0.39 is 52.8 Å². The summed E-state index contributed by atoms with van der Waals surface area (Å²) in [5.74, 6) is 0.456. The van der Waals surface area contributed by atoms with Crippen molar-refractivity contribution in [2.24, 2.45) is 0 Å². The van der Waals surface area contributed by atoms with Gasteiger partial charge < -0.3 is 9.17 Å². The van der Waals surface area contributed by atoms with Crippen LogP contribution in [0, 0.1) is 0 Å². The molecule has 2 aliphatic carbocycles. The van der Waals surface area contributed by atoms with E-state index in [1.54, 1.807) is 12.1 Å². The molecule has 0 spiro atoms. The molecule has 2 aromatic heterocycles. The van der Waals surface area contributed by atoms with Crippen molar-refractivity contribution < 1.29 is 72.6 Å². The highest BCUT2D eigenvalue weighted by Gasteiger charge is 2.57. The molecule has 2 heterocycles. The fraction of sp³-hybridized carbons (Fsp3) is 0.600. The number of alkyl halides is 9. The lowest BCUT2D eigenvalue weighted by atomic mass is 9.85. The van der Waals surface area contributed by atoms with E-state index in [1.165, 1.54) is 50.3 Å². The highest BCUT2D eigenvalue weighted by atomic mass is 32.3. The minimum Gasteiger partial charge on any atom is -0.355 e. The van der Waals surface area contributed by atoms with E-state index in [0.29, 0.717) is 11.8 Å². The first-order chi connectivity index (χ1) is 21.9. The molecule has 0 saturated heterocycles. The summed E-state index contributed by atoms with van der Waals surface area (Å²) < 4.78 is 172. The smallest absolute Gasteiger partial charge is 0.355 e. The van der Waals surface area contributed by atoms with Crippen LogP contribution in [-0.4, -0.2) is 51.7 Å². The van der Waals surface area contributed by atoms with Gasteiger partial charge in [0, 0.05) is 24.5 Å². The normalized spacial score (nSPS) is 17.4. The van der Waals surface area contributed by atoms with Gasteiger partial charge in [-0.1, -0.05) is 50.7 Å². The standard InChI is InChI=1S/C12H14F3NO3S.C11H15NO.C2F6O5S2/c13-12(14,15)20(17,18)19-11-7-6-10(8-16-11)9-4-2-1-3-5-9;13-11-7-6-10(8-12-11)9-4-2-1-3-5-9;3-1(4,5)14(9,10)13-15(11,12)2(6,7)8/h6-9H,1-5H2;6-9H,1-5H2,(H,12,13);. The van der Waals surface area contributed by atoms with E-state index in [4.69, 9.17) is 0 Å². The molecule has 48 heavy (non-hydrogen) atoms. The Morgan fingerprint density at radius 3 is 1.38 bits per heavy atom. The molecule has 0 amide bonds. The molecule has 4 rings (SSSR count). The van der Waals surface area contributed by atoms with Crippen LogP contribution in [-0.2, 0) is 34.0 Å². The lowest BCUT2D eigenvalue weighted by molar-refractivity contribution is -0.0586. The van der Waals surface area contributed by atoms with Crippen LogP contribution in [0.5, 0.6) is 5.88 Å². The lowest BCUT2D eigenvalue weighted by Gasteiger charge is -2.21. The van der Waals surface area contributed by atoms with Crippen LogP contribution in [0.25, 0.3) is 0 Å². The fourth-order valence-corrected chi connectivity index (χ4v) is 6.56. The maximum Gasteiger partial charge on any atom is 0.534 e. The van der Waals surface area contributed by atoms with Crippen molar-refractivity contribution in [2.45, 2.75) is 92.6 Å². The minimum atomic E-state index is -6.85. The van der Waals surface area contributed by atoms with Gasteiger partial charge in [0.05, 0.1) is 0 Å². The second-order valence-electron chi connectivity index (χ2n) is 10.4. The van der Waals surface area contributed by atoms with Crippen molar-refractivity contribution in [3.63, 3.8) is 0 Å². The van der Waals surface area contributed by atoms with Gasteiger partial charge in [0.15, 0.2) is 0 Å². The molecule has 0 aliphatic heterocycles. The predicted molar refractivity (Wildman–Crippen MR) is 150 cm³/mol. The Morgan fingerprint density at radius 2 is 1.02 bits per heavy atom. The van der Waals surface area contributed by atoms with E-state index in [9.17, 15) is 69.6 Å². The van der Waals surface area contributed by atoms with Crippen LogP contribution in [0.2, 0.25) is 0 Å². The number of nitrogens with zero attached hydrogens (tertiary/aromatic N) is 1. The van der Waals surface area contributed by atoms with Crippen molar-refractivity contribution in [1.29, 1.82) is 0 Å². The number of hydrogen-bond acceptors (Lipinski definition) is 10. The summed E-state index contributed by atoms with van der Waals surface area (Å²) >= 11 is 0. The maximum absolute atomic E-state index is 12.1. The van der Waals surface area contributed by atoms with Gasteiger partial charge in [-0.3, -0.25) is 4.79 Å². The Labute approximate surface area is 269 Å². The Balaban J connectivity index is 0.000000257. The van der Waals surface area contributed by atoms with Crippen LogP contribution >= 0.6 is 0 Å². The van der Waals surface area contributed by atoms with E-state index in [-0.39, 0.29) is 5.56 Å². The zero-order chi connectivity index (χ0) is 36.6. The number of H-pyrrole nitrogens is 1. The van der Waals surface area contributed by atoms with Crippen molar-refractivity contribution >= 4 is 30.4 Å². The topological polar surface area (TPSA) is 167 Å². The minimum absolute atomic E-state index is 0.000408. The zero-order valence-electron chi connectivity index (χ0n) is 24.4. The summed E-state index contributed by atoms with van der Waals surface area (Å²) in [7, 11) is -19.3. The molecule has 0 aromatic carbocycles. The number of halogens is 9.